The van der Waals surface area contributed by atoms with Crippen molar-refractivity contribution < 1.29 is 17.2 Å². The maximum absolute atomic E-state index is 15.5. The number of halogens is 2. The van der Waals surface area contributed by atoms with Crippen LogP contribution in [0.1, 0.15) is 67.2 Å². The molecule has 0 bridgehead atoms. The van der Waals surface area contributed by atoms with Crippen molar-refractivity contribution in [3.63, 3.8) is 0 Å². The Hall–Kier alpha value is -2.78. The Morgan fingerprint density at radius 2 is 1.77 bits per heavy atom. The summed E-state index contributed by atoms with van der Waals surface area (Å²) >= 11 is 0. The predicted molar refractivity (Wildman–Crippen MR) is 129 cm³/mol. The van der Waals surface area contributed by atoms with Crippen molar-refractivity contribution in [2.75, 3.05) is 0 Å². The molecule has 1 aliphatic heterocycles. The second-order valence-electron chi connectivity index (χ2n) is 10.1. The Morgan fingerprint density at radius 3 is 2.40 bits per heavy atom. The Labute approximate surface area is 203 Å². The summed E-state index contributed by atoms with van der Waals surface area (Å²) in [5.74, 6) is -0.954. The molecule has 2 N–H and O–H groups in total. The minimum Gasteiger partial charge on any atom is -0.313 e. The van der Waals surface area contributed by atoms with Crippen LogP contribution in [0, 0.1) is 17.6 Å². The van der Waals surface area contributed by atoms with Crippen LogP contribution in [0.2, 0.25) is 0 Å². The zero-order valence-electron chi connectivity index (χ0n) is 19.7. The van der Waals surface area contributed by atoms with E-state index in [1.807, 2.05) is 13.0 Å². The van der Waals surface area contributed by atoms with Gasteiger partial charge in [-0.1, -0.05) is 37.3 Å². The fourth-order valence-corrected chi connectivity index (χ4v) is 8.09. The average molecular weight is 502 g/mol. The van der Waals surface area contributed by atoms with Gasteiger partial charge in [0.2, 0.25) is 10.0 Å². The van der Waals surface area contributed by atoms with Crippen molar-refractivity contribution in [2.24, 2.45) is 5.92 Å². The van der Waals surface area contributed by atoms with E-state index in [1.54, 1.807) is 31.2 Å². The third-order valence-electron chi connectivity index (χ3n) is 7.68. The quantitative estimate of drug-likeness (QED) is 0.529. The lowest BCUT2D eigenvalue weighted by molar-refractivity contribution is 0.189. The number of rotatable bonds is 5. The summed E-state index contributed by atoms with van der Waals surface area (Å²) in [6.07, 6.45) is 3.78. The second-order valence-corrected chi connectivity index (χ2v) is 12.2. The molecule has 35 heavy (non-hydrogen) atoms. The van der Waals surface area contributed by atoms with E-state index in [9.17, 15) is 13.2 Å². The number of nitrogens with zero attached hydrogens (tertiary/aromatic N) is 1. The fraction of sp³-hybridized carbons (Fsp3) is 0.423. The molecule has 186 valence electrons. The van der Waals surface area contributed by atoms with Gasteiger partial charge in [-0.2, -0.15) is 4.31 Å². The zero-order chi connectivity index (χ0) is 25.0. The lowest BCUT2D eigenvalue weighted by Gasteiger charge is -2.46. The van der Waals surface area contributed by atoms with E-state index in [1.165, 1.54) is 16.6 Å². The lowest BCUT2D eigenvalue weighted by Crippen LogP contribution is -2.45. The number of aromatic amines is 2. The van der Waals surface area contributed by atoms with Crippen molar-refractivity contribution in [3.8, 4) is 0 Å². The van der Waals surface area contributed by atoms with Gasteiger partial charge in [-0.3, -0.25) is 0 Å². The largest absolute Gasteiger partial charge is 0.323 e. The molecule has 2 fully saturated rings. The molecule has 2 aliphatic rings. The van der Waals surface area contributed by atoms with Crippen molar-refractivity contribution in [2.45, 2.75) is 62.8 Å². The molecule has 0 unspecified atom stereocenters. The third kappa shape index (κ3) is 4.04. The van der Waals surface area contributed by atoms with Crippen molar-refractivity contribution in [1.29, 1.82) is 0 Å². The molecule has 2 heterocycles. The van der Waals surface area contributed by atoms with Gasteiger partial charge in [0.15, 0.2) is 0 Å². The van der Waals surface area contributed by atoms with Crippen LogP contribution in [0.3, 0.4) is 0 Å². The molecule has 0 spiro atoms. The van der Waals surface area contributed by atoms with Gasteiger partial charge in [0.1, 0.15) is 16.9 Å². The highest BCUT2D eigenvalue weighted by molar-refractivity contribution is 7.89. The average Bonchev–Trinajstić information content (AvgIpc) is 3.23. The Balaban J connectivity index is 1.48. The normalized spacial score (nSPS) is 28.5. The summed E-state index contributed by atoms with van der Waals surface area (Å²) in [4.78, 5) is 17.0. The molecule has 1 saturated carbocycles. The van der Waals surface area contributed by atoms with Gasteiger partial charge >= 0.3 is 5.69 Å². The summed E-state index contributed by atoms with van der Waals surface area (Å²) in [6, 6.07) is 11.0. The second kappa shape index (κ2) is 8.71. The topological polar surface area (TPSA) is 86.0 Å². The Morgan fingerprint density at radius 1 is 1.06 bits per heavy atom. The fourth-order valence-electron chi connectivity index (χ4n) is 5.90. The summed E-state index contributed by atoms with van der Waals surface area (Å²) in [7, 11) is -3.77. The molecule has 1 aromatic heterocycles. The number of nitrogens with one attached hydrogen (secondary N) is 2. The molecule has 9 heteroatoms. The first-order valence-corrected chi connectivity index (χ1v) is 13.4. The first-order valence-electron chi connectivity index (χ1n) is 11.9. The van der Waals surface area contributed by atoms with E-state index < -0.39 is 38.0 Å². The number of imidazole rings is 1. The third-order valence-corrected chi connectivity index (χ3v) is 10.0. The van der Waals surface area contributed by atoms with Crippen LogP contribution in [0.15, 0.2) is 53.5 Å². The van der Waals surface area contributed by atoms with Crippen LogP contribution < -0.4 is 5.69 Å². The van der Waals surface area contributed by atoms with E-state index in [4.69, 9.17) is 0 Å². The minimum absolute atomic E-state index is 0.000436. The van der Waals surface area contributed by atoms with Crippen LogP contribution in [0.5, 0.6) is 0 Å². The monoisotopic (exact) mass is 501 g/mol. The van der Waals surface area contributed by atoms with Crippen LogP contribution in [-0.2, 0) is 22.0 Å². The van der Waals surface area contributed by atoms with Gasteiger partial charge in [-0.05, 0) is 56.2 Å². The number of H-pyrrole nitrogens is 2. The van der Waals surface area contributed by atoms with Crippen molar-refractivity contribution >= 4 is 10.0 Å². The summed E-state index contributed by atoms with van der Waals surface area (Å²) in [5, 5.41) is -0.711. The number of aromatic nitrogens is 2. The predicted octanol–water partition coefficient (Wildman–Crippen LogP) is 4.75. The molecule has 1 aliphatic carbocycles. The first-order chi connectivity index (χ1) is 16.6. The van der Waals surface area contributed by atoms with E-state index in [-0.39, 0.29) is 23.7 Å². The summed E-state index contributed by atoms with van der Waals surface area (Å²) < 4.78 is 59.2. The van der Waals surface area contributed by atoms with E-state index in [0.717, 1.165) is 6.07 Å². The summed E-state index contributed by atoms with van der Waals surface area (Å²) in [6.45, 7) is 3.59. The lowest BCUT2D eigenvalue weighted by atomic mass is 9.57. The molecular formula is C26H29F2N3O3S. The van der Waals surface area contributed by atoms with Crippen LogP contribution in [0.4, 0.5) is 8.78 Å². The molecule has 0 amide bonds. The van der Waals surface area contributed by atoms with Gasteiger partial charge in [0, 0.05) is 41.0 Å². The van der Waals surface area contributed by atoms with Crippen molar-refractivity contribution in [3.05, 3.63) is 93.2 Å². The van der Waals surface area contributed by atoms with E-state index in [0.29, 0.717) is 42.9 Å². The van der Waals surface area contributed by atoms with Crippen LogP contribution in [-0.4, -0.2) is 28.7 Å². The highest BCUT2D eigenvalue weighted by Crippen LogP contribution is 2.52. The van der Waals surface area contributed by atoms with Gasteiger partial charge in [0.25, 0.3) is 0 Å². The van der Waals surface area contributed by atoms with Crippen molar-refractivity contribution in [1.82, 2.24) is 14.3 Å². The first kappa shape index (κ1) is 23.9. The molecule has 0 radical (unpaired) electrons. The van der Waals surface area contributed by atoms with Gasteiger partial charge in [0.05, 0.1) is 0 Å². The van der Waals surface area contributed by atoms with Crippen LogP contribution >= 0.6 is 0 Å². The number of hydrogen-bond donors (Lipinski definition) is 2. The number of sulfonamides is 1. The molecule has 2 aromatic carbocycles. The minimum atomic E-state index is -3.77. The maximum Gasteiger partial charge on any atom is 0.323 e. The molecule has 1 saturated heterocycles. The zero-order valence-corrected chi connectivity index (χ0v) is 20.5. The van der Waals surface area contributed by atoms with E-state index in [2.05, 4.69) is 9.97 Å². The van der Waals surface area contributed by atoms with E-state index >= 15 is 8.78 Å². The number of hydrogen-bond acceptors (Lipinski definition) is 3. The number of benzene rings is 2. The standard InChI is InChI=1S/C26H29F2N3O3S/c1-16-12-26(13-16,24-14-29-25(32)30-24)20-11-21(27)19(10-22(20)28)15-31-17(2)8-9-23(35(31,33)34)18-6-4-3-5-7-18/h3-7,10-11,14,16-17,23H,8-9,12-13,15H2,1-2H3,(H2,29,30,32)/t16-,17-,23+,26+/m0/s1. The highest BCUT2D eigenvalue weighted by Gasteiger charge is 2.48. The molecule has 3 aromatic rings. The Bertz CT molecular complexity index is 1390. The maximum atomic E-state index is 15.5. The molecule has 5 rings (SSSR count). The van der Waals surface area contributed by atoms with Gasteiger partial charge in [-0.25, -0.2) is 22.0 Å². The van der Waals surface area contributed by atoms with Crippen LogP contribution in [0.25, 0.3) is 0 Å². The highest BCUT2D eigenvalue weighted by atomic mass is 32.2. The van der Waals surface area contributed by atoms with Gasteiger partial charge in [-0.15, -0.1) is 0 Å². The molecule has 2 atom stereocenters. The molecule has 6 nitrogen and oxygen atoms in total. The smallest absolute Gasteiger partial charge is 0.313 e. The Kier molecular flexibility index (Phi) is 5.96. The SMILES string of the molecule is C[C@H]1CC[C@H](c2ccccc2)S(=O)(=O)N1Cc1cc(F)c([C@]2(c3c[nH]c(=O)[nH]3)C[C@@H](C)C2)cc1F. The summed E-state index contributed by atoms with van der Waals surface area (Å²) in [5.41, 5.74) is 0.209. The van der Waals surface area contributed by atoms with Gasteiger partial charge < -0.3 is 9.97 Å². The molecular weight excluding hydrogens is 472 g/mol.